The summed E-state index contributed by atoms with van der Waals surface area (Å²) in [7, 11) is 1.41. The Bertz CT molecular complexity index is 1590. The van der Waals surface area contributed by atoms with E-state index in [9.17, 15) is 19.5 Å². The van der Waals surface area contributed by atoms with Gasteiger partial charge in [-0.15, -0.1) is 0 Å². The van der Waals surface area contributed by atoms with Gasteiger partial charge in [-0.2, -0.15) is 0 Å². The third kappa shape index (κ3) is 13.0. The molecule has 0 saturated carbocycles. The van der Waals surface area contributed by atoms with E-state index in [1.807, 2.05) is 18.2 Å². The Morgan fingerprint density at radius 1 is 0.767 bits per heavy atom. The number of hydrogen-bond donors (Lipinski definition) is 1. The molecule has 8 atom stereocenters. The van der Waals surface area contributed by atoms with Crippen molar-refractivity contribution in [1.29, 1.82) is 0 Å². The second-order valence-corrected chi connectivity index (χ2v) is 20.3. The number of fused-ring (bicyclic) bond motifs is 2. The first-order chi connectivity index (χ1) is 27.5. The van der Waals surface area contributed by atoms with E-state index in [0.29, 0.717) is 25.2 Å². The van der Waals surface area contributed by atoms with E-state index in [-0.39, 0.29) is 18.8 Å². The predicted octanol–water partition coefficient (Wildman–Crippen LogP) is 8.33. The number of carbonyl (C=O) groups excluding carboxylic acids is 4. The number of rotatable bonds is 20. The highest BCUT2D eigenvalue weighted by molar-refractivity contribution is 6.00. The topological polar surface area (TPSA) is 162 Å². The van der Waals surface area contributed by atoms with Crippen LogP contribution < -0.4 is 0 Å². The predicted molar refractivity (Wildman–Crippen MR) is 225 cm³/mol. The Kier molecular flexibility index (Phi) is 17.0. The van der Waals surface area contributed by atoms with Gasteiger partial charge in [-0.05, 0) is 126 Å². The number of aliphatic hydroxyl groups is 1. The van der Waals surface area contributed by atoms with Crippen molar-refractivity contribution < 1.29 is 62.2 Å². The van der Waals surface area contributed by atoms with Crippen LogP contribution in [0.4, 0.5) is 0 Å². The summed E-state index contributed by atoms with van der Waals surface area (Å²) in [5, 5.41) is 13.3. The SMILES string of the molecule is CCC(C)CC(C)CCC(=O)O[C@@H]1[C@@H](OC(C)(C)OC)[C@]2(CCCCCCc3ccccc3)O[C@H](C(=O)OC(C)(C)C)[C@@](O)(C(=O)OC(C)(C)C)[C@@]1(C(=O)OC(C)(C)C)O2. The maximum absolute atomic E-state index is 15.2. The van der Waals surface area contributed by atoms with Crippen LogP contribution in [-0.4, -0.2) is 94.0 Å². The average Bonchev–Trinajstić information content (AvgIpc) is 3.34. The molecule has 1 aromatic carbocycles. The Morgan fingerprint density at radius 3 is 1.88 bits per heavy atom. The summed E-state index contributed by atoms with van der Waals surface area (Å²) in [5.74, 6) is -7.67. The molecule has 0 aliphatic carbocycles. The molecule has 3 rings (SSSR count). The second-order valence-electron chi connectivity index (χ2n) is 20.3. The number of benzene rings is 1. The monoisotopic (exact) mass is 849 g/mol. The minimum Gasteiger partial charge on any atom is -0.458 e. The first-order valence-electron chi connectivity index (χ1n) is 21.8. The van der Waals surface area contributed by atoms with Crippen LogP contribution in [0.15, 0.2) is 30.3 Å². The quantitative estimate of drug-likeness (QED) is 0.0578. The summed E-state index contributed by atoms with van der Waals surface area (Å²) in [6.45, 7) is 23.8. The van der Waals surface area contributed by atoms with Gasteiger partial charge in [0, 0.05) is 20.0 Å². The fourth-order valence-electron chi connectivity index (χ4n) is 7.69. The van der Waals surface area contributed by atoms with Crippen LogP contribution >= 0.6 is 0 Å². The molecule has 1 aromatic rings. The molecule has 13 heteroatoms. The fourth-order valence-corrected chi connectivity index (χ4v) is 7.69. The molecule has 2 fully saturated rings. The van der Waals surface area contributed by atoms with Crippen molar-refractivity contribution in [3.05, 3.63) is 35.9 Å². The summed E-state index contributed by atoms with van der Waals surface area (Å²) in [6, 6.07) is 10.1. The van der Waals surface area contributed by atoms with Gasteiger partial charge in [-0.1, -0.05) is 70.4 Å². The molecule has 2 aliphatic rings. The normalized spacial score (nSPS) is 26.8. The van der Waals surface area contributed by atoms with Gasteiger partial charge in [-0.25, -0.2) is 14.4 Å². The number of unbranched alkanes of at least 4 members (excludes halogenated alkanes) is 3. The van der Waals surface area contributed by atoms with Crippen molar-refractivity contribution in [2.75, 3.05) is 7.11 Å². The van der Waals surface area contributed by atoms with Gasteiger partial charge in [0.1, 0.15) is 16.8 Å². The molecule has 2 bridgehead atoms. The summed E-state index contributed by atoms with van der Waals surface area (Å²) in [4.78, 5) is 58.8. The van der Waals surface area contributed by atoms with E-state index in [4.69, 9.17) is 37.9 Å². The van der Waals surface area contributed by atoms with Crippen LogP contribution in [0, 0.1) is 11.8 Å². The molecule has 60 heavy (non-hydrogen) atoms. The van der Waals surface area contributed by atoms with Crippen molar-refractivity contribution in [3.8, 4) is 0 Å². The molecule has 0 spiro atoms. The van der Waals surface area contributed by atoms with Gasteiger partial charge in [0.15, 0.2) is 18.0 Å². The lowest BCUT2D eigenvalue weighted by Gasteiger charge is -2.51. The highest BCUT2D eigenvalue weighted by Gasteiger charge is 2.87. The Labute approximate surface area is 359 Å². The minimum atomic E-state index is -3.37. The lowest BCUT2D eigenvalue weighted by atomic mass is 9.74. The van der Waals surface area contributed by atoms with E-state index in [2.05, 4.69) is 32.9 Å². The third-order valence-electron chi connectivity index (χ3n) is 10.8. The molecule has 2 aliphatic heterocycles. The van der Waals surface area contributed by atoms with Crippen molar-refractivity contribution in [2.45, 2.75) is 219 Å². The lowest BCUT2D eigenvalue weighted by Crippen LogP contribution is -2.79. The highest BCUT2D eigenvalue weighted by Crippen LogP contribution is 2.58. The smallest absolute Gasteiger partial charge is 0.347 e. The third-order valence-corrected chi connectivity index (χ3v) is 10.8. The number of methoxy groups -OCH3 is 1. The Morgan fingerprint density at radius 2 is 1.33 bits per heavy atom. The number of esters is 4. The number of carbonyl (C=O) groups is 4. The van der Waals surface area contributed by atoms with Crippen LogP contribution in [0.1, 0.15) is 160 Å². The minimum absolute atomic E-state index is 0.0307. The van der Waals surface area contributed by atoms with E-state index in [0.717, 1.165) is 32.1 Å². The number of ether oxygens (including phenoxy) is 8. The van der Waals surface area contributed by atoms with E-state index >= 15 is 4.79 Å². The second kappa shape index (κ2) is 19.9. The maximum atomic E-state index is 15.2. The van der Waals surface area contributed by atoms with E-state index in [1.54, 1.807) is 76.2 Å². The number of aryl methyl sites for hydroxylation is 1. The zero-order chi connectivity index (χ0) is 45.5. The van der Waals surface area contributed by atoms with Crippen molar-refractivity contribution >= 4 is 23.9 Å². The van der Waals surface area contributed by atoms with Gasteiger partial charge in [0.05, 0.1) is 0 Å². The van der Waals surface area contributed by atoms with Gasteiger partial charge in [0.25, 0.3) is 5.60 Å². The molecule has 2 saturated heterocycles. The van der Waals surface area contributed by atoms with Crippen molar-refractivity contribution in [2.24, 2.45) is 11.8 Å². The van der Waals surface area contributed by atoms with Crippen LogP contribution in [0.3, 0.4) is 0 Å². The summed E-state index contributed by atoms with van der Waals surface area (Å²) >= 11 is 0. The summed E-state index contributed by atoms with van der Waals surface area (Å²) in [6.07, 6.45) is 0.0518. The Balaban J connectivity index is 2.32. The zero-order valence-corrected chi connectivity index (χ0v) is 39.2. The molecule has 2 heterocycles. The average molecular weight is 849 g/mol. The maximum Gasteiger partial charge on any atom is 0.347 e. The first kappa shape index (κ1) is 51.3. The molecular formula is C47H76O13. The molecule has 0 radical (unpaired) electrons. The highest BCUT2D eigenvalue weighted by atomic mass is 16.8. The van der Waals surface area contributed by atoms with Crippen LogP contribution in [-0.2, 0) is 63.5 Å². The standard InChI is InChI=1S/C47H76O13/c1-16-31(2)30-32(3)27-28-34(48)54-36-35(55-44(13,14)53-15)45(29-23-18-17-20-24-33-25-21-19-22-26-33)56-37(38(49)57-41(4,5)6)46(52,39(50)58-42(7,8)9)47(36,60-45)40(51)59-43(10,11)12/h19,21-22,25-26,31-32,35-37,52H,16-18,20,23-24,27-30H2,1-15H3/t31?,32?,35-,36-,37-,45-,46-,47-/m1/s1. The summed E-state index contributed by atoms with van der Waals surface area (Å²) in [5.41, 5.74) is -8.81. The summed E-state index contributed by atoms with van der Waals surface area (Å²) < 4.78 is 49.8. The molecule has 2 unspecified atom stereocenters. The Hall–Kier alpha value is -3.10. The van der Waals surface area contributed by atoms with Crippen molar-refractivity contribution in [3.63, 3.8) is 0 Å². The first-order valence-corrected chi connectivity index (χ1v) is 21.8. The van der Waals surface area contributed by atoms with E-state index < -0.39 is 81.8 Å². The van der Waals surface area contributed by atoms with Crippen molar-refractivity contribution in [1.82, 2.24) is 0 Å². The fraction of sp³-hybridized carbons (Fsp3) is 0.787. The molecule has 1 N–H and O–H groups in total. The van der Waals surface area contributed by atoms with Crippen LogP contribution in [0.25, 0.3) is 0 Å². The molecule has 342 valence electrons. The van der Waals surface area contributed by atoms with Gasteiger partial charge >= 0.3 is 23.9 Å². The zero-order valence-electron chi connectivity index (χ0n) is 39.2. The van der Waals surface area contributed by atoms with Gasteiger partial charge in [-0.3, -0.25) is 4.79 Å². The number of hydrogen-bond acceptors (Lipinski definition) is 13. The van der Waals surface area contributed by atoms with E-state index in [1.165, 1.54) is 12.7 Å². The molecule has 0 aromatic heterocycles. The van der Waals surface area contributed by atoms with Gasteiger partial charge in [0.2, 0.25) is 17.5 Å². The largest absolute Gasteiger partial charge is 0.458 e. The lowest BCUT2D eigenvalue weighted by molar-refractivity contribution is -0.388. The molecular weight excluding hydrogens is 773 g/mol. The van der Waals surface area contributed by atoms with Gasteiger partial charge < -0.3 is 43.0 Å². The molecule has 0 amide bonds. The molecule has 13 nitrogen and oxygen atoms in total. The van der Waals surface area contributed by atoms with Crippen LogP contribution in [0.5, 0.6) is 0 Å². The van der Waals surface area contributed by atoms with Crippen LogP contribution in [0.2, 0.25) is 0 Å².